The molecular weight excluding hydrogens is 270 g/mol. The van der Waals surface area contributed by atoms with Gasteiger partial charge in [0.05, 0.1) is 5.69 Å². The van der Waals surface area contributed by atoms with E-state index in [9.17, 15) is 4.79 Å². The standard InChI is InChI=1S/C20H21NO/c22-19-14-20(10-4-5-11-20)13-18-17(19)9-8-16(21-18)12-15-6-2-1-3-7-15/h1-3,6-9H,4-5,10-14H2. The first-order valence-corrected chi connectivity index (χ1v) is 8.30. The third-order valence-corrected chi connectivity index (χ3v) is 5.30. The van der Waals surface area contributed by atoms with Crippen molar-refractivity contribution in [3.8, 4) is 0 Å². The van der Waals surface area contributed by atoms with E-state index in [0.29, 0.717) is 5.78 Å². The third kappa shape index (κ3) is 2.47. The number of nitrogens with zero attached hydrogens (tertiary/aromatic N) is 1. The second-order valence-electron chi connectivity index (χ2n) is 6.94. The van der Waals surface area contributed by atoms with Gasteiger partial charge in [-0.25, -0.2) is 0 Å². The summed E-state index contributed by atoms with van der Waals surface area (Å²) in [6.45, 7) is 0. The zero-order valence-corrected chi connectivity index (χ0v) is 12.8. The van der Waals surface area contributed by atoms with E-state index in [1.807, 2.05) is 18.2 Å². The summed E-state index contributed by atoms with van der Waals surface area (Å²) in [5.41, 5.74) is 4.49. The first-order chi connectivity index (χ1) is 10.7. The molecule has 1 fully saturated rings. The quantitative estimate of drug-likeness (QED) is 0.822. The molecule has 1 aromatic carbocycles. The number of Topliss-reactive ketones (excluding diaryl/α,β-unsaturated/α-hetero) is 1. The fraction of sp³-hybridized carbons (Fsp3) is 0.400. The summed E-state index contributed by atoms with van der Waals surface area (Å²) in [5.74, 6) is 0.307. The minimum absolute atomic E-state index is 0.225. The predicted octanol–water partition coefficient (Wildman–Crippen LogP) is 4.36. The highest BCUT2D eigenvalue weighted by atomic mass is 16.1. The molecule has 112 valence electrons. The second kappa shape index (κ2) is 5.35. The second-order valence-corrected chi connectivity index (χ2v) is 6.94. The molecular formula is C20H21NO. The molecule has 2 nitrogen and oxygen atoms in total. The lowest BCUT2D eigenvalue weighted by atomic mass is 9.71. The van der Waals surface area contributed by atoms with Gasteiger partial charge in [-0.3, -0.25) is 9.78 Å². The van der Waals surface area contributed by atoms with Gasteiger partial charge in [-0.2, -0.15) is 0 Å². The lowest BCUT2D eigenvalue weighted by Gasteiger charge is -2.33. The Hall–Kier alpha value is -1.96. The molecule has 2 aliphatic rings. The molecule has 0 saturated heterocycles. The van der Waals surface area contributed by atoms with Crippen molar-refractivity contribution in [2.24, 2.45) is 5.41 Å². The van der Waals surface area contributed by atoms with Crippen LogP contribution < -0.4 is 0 Å². The van der Waals surface area contributed by atoms with Gasteiger partial charge in [0.1, 0.15) is 0 Å². The zero-order chi connectivity index (χ0) is 15.0. The topological polar surface area (TPSA) is 30.0 Å². The minimum Gasteiger partial charge on any atom is -0.294 e. The van der Waals surface area contributed by atoms with Gasteiger partial charge in [-0.05, 0) is 42.4 Å². The number of ketones is 1. The van der Waals surface area contributed by atoms with Crippen LogP contribution in [0.25, 0.3) is 0 Å². The number of hydrogen-bond donors (Lipinski definition) is 0. The van der Waals surface area contributed by atoms with Crippen molar-refractivity contribution in [2.45, 2.75) is 44.9 Å². The Morgan fingerprint density at radius 1 is 0.955 bits per heavy atom. The van der Waals surface area contributed by atoms with Crippen LogP contribution in [0.4, 0.5) is 0 Å². The highest BCUT2D eigenvalue weighted by Crippen LogP contribution is 2.47. The zero-order valence-electron chi connectivity index (χ0n) is 12.8. The molecule has 0 radical (unpaired) electrons. The molecule has 0 bridgehead atoms. The molecule has 1 saturated carbocycles. The molecule has 0 unspecified atom stereocenters. The highest BCUT2D eigenvalue weighted by Gasteiger charge is 2.41. The van der Waals surface area contributed by atoms with E-state index in [0.717, 1.165) is 36.2 Å². The average molecular weight is 291 g/mol. The number of carbonyl (C=O) groups excluding carboxylic acids is 1. The van der Waals surface area contributed by atoms with E-state index in [1.165, 1.54) is 31.2 Å². The van der Waals surface area contributed by atoms with Crippen LogP contribution in [0, 0.1) is 5.41 Å². The molecule has 1 aromatic heterocycles. The Labute approximate surface area is 131 Å². The molecule has 22 heavy (non-hydrogen) atoms. The minimum atomic E-state index is 0.225. The first kappa shape index (κ1) is 13.7. The van der Waals surface area contributed by atoms with Crippen molar-refractivity contribution in [2.75, 3.05) is 0 Å². The van der Waals surface area contributed by atoms with Gasteiger partial charge in [0.15, 0.2) is 5.78 Å². The van der Waals surface area contributed by atoms with Gasteiger partial charge in [0, 0.05) is 24.1 Å². The monoisotopic (exact) mass is 291 g/mol. The summed E-state index contributed by atoms with van der Waals surface area (Å²) in [5, 5.41) is 0. The maximum Gasteiger partial charge on any atom is 0.165 e. The fourth-order valence-electron chi connectivity index (χ4n) is 4.17. The average Bonchev–Trinajstić information content (AvgIpc) is 2.95. The number of rotatable bonds is 2. The number of carbonyl (C=O) groups is 1. The maximum absolute atomic E-state index is 12.5. The number of aromatic nitrogens is 1. The molecule has 2 aliphatic carbocycles. The lowest BCUT2D eigenvalue weighted by molar-refractivity contribution is 0.0885. The van der Waals surface area contributed by atoms with Crippen LogP contribution in [0.2, 0.25) is 0 Å². The molecule has 0 N–H and O–H groups in total. The fourth-order valence-corrected chi connectivity index (χ4v) is 4.17. The van der Waals surface area contributed by atoms with E-state index < -0.39 is 0 Å². The van der Waals surface area contributed by atoms with Gasteiger partial charge in [0.2, 0.25) is 0 Å². The molecule has 1 heterocycles. The van der Waals surface area contributed by atoms with Gasteiger partial charge < -0.3 is 0 Å². The Bertz CT molecular complexity index is 699. The van der Waals surface area contributed by atoms with Crippen molar-refractivity contribution in [1.82, 2.24) is 4.98 Å². The summed E-state index contributed by atoms with van der Waals surface area (Å²) >= 11 is 0. The van der Waals surface area contributed by atoms with Crippen molar-refractivity contribution >= 4 is 5.78 Å². The summed E-state index contributed by atoms with van der Waals surface area (Å²) in [7, 11) is 0. The Morgan fingerprint density at radius 2 is 1.73 bits per heavy atom. The number of hydrogen-bond acceptors (Lipinski definition) is 2. The molecule has 4 rings (SSSR count). The van der Waals surface area contributed by atoms with E-state index in [2.05, 4.69) is 24.3 Å². The molecule has 0 amide bonds. The smallest absolute Gasteiger partial charge is 0.165 e. The van der Waals surface area contributed by atoms with E-state index in [1.54, 1.807) is 0 Å². The van der Waals surface area contributed by atoms with Crippen LogP contribution in [0.3, 0.4) is 0 Å². The van der Waals surface area contributed by atoms with Crippen LogP contribution in [-0.4, -0.2) is 10.8 Å². The largest absolute Gasteiger partial charge is 0.294 e. The maximum atomic E-state index is 12.5. The molecule has 1 spiro atoms. The highest BCUT2D eigenvalue weighted by molar-refractivity contribution is 5.98. The van der Waals surface area contributed by atoms with E-state index in [4.69, 9.17) is 4.98 Å². The Balaban J connectivity index is 1.64. The van der Waals surface area contributed by atoms with E-state index >= 15 is 0 Å². The van der Waals surface area contributed by atoms with Crippen molar-refractivity contribution in [3.05, 3.63) is 65.0 Å². The predicted molar refractivity (Wildman–Crippen MR) is 87.0 cm³/mol. The number of fused-ring (bicyclic) bond motifs is 1. The summed E-state index contributed by atoms with van der Waals surface area (Å²) in [6.07, 6.45) is 7.51. The molecule has 0 atom stereocenters. The van der Waals surface area contributed by atoms with Crippen LogP contribution in [0.15, 0.2) is 42.5 Å². The van der Waals surface area contributed by atoms with Crippen LogP contribution in [0.1, 0.15) is 59.4 Å². The van der Waals surface area contributed by atoms with E-state index in [-0.39, 0.29) is 5.41 Å². The van der Waals surface area contributed by atoms with Gasteiger partial charge in [0.25, 0.3) is 0 Å². The van der Waals surface area contributed by atoms with Crippen molar-refractivity contribution in [1.29, 1.82) is 0 Å². The number of benzene rings is 1. The first-order valence-electron chi connectivity index (χ1n) is 8.30. The van der Waals surface area contributed by atoms with Crippen molar-refractivity contribution < 1.29 is 4.79 Å². The van der Waals surface area contributed by atoms with Crippen molar-refractivity contribution in [3.63, 3.8) is 0 Å². The third-order valence-electron chi connectivity index (χ3n) is 5.30. The SMILES string of the molecule is O=C1CC2(CCCC2)Cc2nc(Cc3ccccc3)ccc21. The van der Waals surface area contributed by atoms with Gasteiger partial charge >= 0.3 is 0 Å². The molecule has 0 aliphatic heterocycles. The number of pyridine rings is 1. The summed E-state index contributed by atoms with van der Waals surface area (Å²) in [4.78, 5) is 17.3. The summed E-state index contributed by atoms with van der Waals surface area (Å²) < 4.78 is 0. The Kier molecular flexibility index (Phi) is 3.33. The Morgan fingerprint density at radius 3 is 2.50 bits per heavy atom. The molecule has 2 heteroatoms. The van der Waals surface area contributed by atoms with Crippen LogP contribution >= 0.6 is 0 Å². The molecule has 2 aromatic rings. The lowest BCUT2D eigenvalue weighted by Crippen LogP contribution is -2.31. The summed E-state index contributed by atoms with van der Waals surface area (Å²) in [6, 6.07) is 14.4. The van der Waals surface area contributed by atoms with Gasteiger partial charge in [-0.15, -0.1) is 0 Å². The van der Waals surface area contributed by atoms with Crippen LogP contribution in [-0.2, 0) is 12.8 Å². The normalized spacial score (nSPS) is 19.4. The van der Waals surface area contributed by atoms with Gasteiger partial charge in [-0.1, -0.05) is 43.2 Å². The van der Waals surface area contributed by atoms with Crippen LogP contribution in [0.5, 0.6) is 0 Å².